The topological polar surface area (TPSA) is 67.4 Å². The normalized spacial score (nSPS) is 11.5. The van der Waals surface area contributed by atoms with E-state index in [1.165, 1.54) is 0 Å². The average Bonchev–Trinajstić information content (AvgIpc) is 2.64. The molecule has 0 aliphatic heterocycles. The van der Waals surface area contributed by atoms with Crippen molar-refractivity contribution in [3.8, 4) is 5.75 Å². The molecule has 2 rings (SSSR count). The molecule has 2 amide bonds. The Morgan fingerprint density at radius 2 is 1.81 bits per heavy atom. The first kappa shape index (κ1) is 19.8. The summed E-state index contributed by atoms with van der Waals surface area (Å²) in [4.78, 5) is 24.8. The van der Waals surface area contributed by atoms with Crippen LogP contribution in [0.25, 0.3) is 0 Å². The highest BCUT2D eigenvalue weighted by Gasteiger charge is 2.19. The van der Waals surface area contributed by atoms with Crippen LogP contribution in [0.3, 0.4) is 0 Å². The maximum absolute atomic E-state index is 12.5. The van der Waals surface area contributed by atoms with Crippen LogP contribution in [0, 0.1) is 0 Å². The van der Waals surface area contributed by atoms with Crippen LogP contribution in [0.1, 0.15) is 37.0 Å². The molecule has 0 heterocycles. The van der Waals surface area contributed by atoms with Crippen molar-refractivity contribution < 1.29 is 14.3 Å². The molecule has 0 fully saturated rings. The largest absolute Gasteiger partial charge is 0.479 e. The number of unbranched alkanes of at least 4 members (excludes halogenated alkanes) is 1. The van der Waals surface area contributed by atoms with Gasteiger partial charge in [-0.25, -0.2) is 0 Å². The Balaban J connectivity index is 2.04. The van der Waals surface area contributed by atoms with Gasteiger partial charge in [-0.3, -0.25) is 9.59 Å². The van der Waals surface area contributed by atoms with Gasteiger partial charge in [0.15, 0.2) is 6.10 Å². The Morgan fingerprint density at radius 1 is 1.12 bits per heavy atom. The summed E-state index contributed by atoms with van der Waals surface area (Å²) in [5, 5.41) is 6.04. The summed E-state index contributed by atoms with van der Waals surface area (Å²) in [7, 11) is 0. The zero-order chi connectivity index (χ0) is 18.9. The quantitative estimate of drug-likeness (QED) is 0.678. The zero-order valence-electron chi connectivity index (χ0n) is 14.9. The van der Waals surface area contributed by atoms with Gasteiger partial charge in [0, 0.05) is 6.54 Å². The van der Waals surface area contributed by atoms with Crippen molar-refractivity contribution in [3.05, 3.63) is 59.1 Å². The van der Waals surface area contributed by atoms with E-state index in [2.05, 4.69) is 17.6 Å². The van der Waals surface area contributed by atoms with Crippen LogP contribution in [0.2, 0.25) is 5.02 Å². The standard InChI is InChI=1S/C20H23ClN2O3/c1-3-4-13-22-20(25)15-9-5-7-11-17(15)23-19(24)14(2)26-18-12-8-6-10-16(18)21/h5-12,14H,3-4,13H2,1-2H3,(H,22,25)(H,23,24)/t14-/m0/s1. The molecule has 1 atom stereocenters. The Labute approximate surface area is 158 Å². The minimum atomic E-state index is -0.772. The van der Waals surface area contributed by atoms with Gasteiger partial charge in [-0.1, -0.05) is 49.2 Å². The molecule has 6 heteroatoms. The van der Waals surface area contributed by atoms with Gasteiger partial charge in [0.05, 0.1) is 16.3 Å². The number of hydrogen-bond acceptors (Lipinski definition) is 3. The van der Waals surface area contributed by atoms with E-state index in [0.717, 1.165) is 12.8 Å². The van der Waals surface area contributed by atoms with Gasteiger partial charge in [0.25, 0.3) is 11.8 Å². The third-order valence-electron chi connectivity index (χ3n) is 3.76. The summed E-state index contributed by atoms with van der Waals surface area (Å²) in [6.45, 7) is 4.28. The van der Waals surface area contributed by atoms with Crippen molar-refractivity contribution in [3.63, 3.8) is 0 Å². The lowest BCUT2D eigenvalue weighted by Crippen LogP contribution is -2.32. The number of carbonyl (C=O) groups excluding carboxylic acids is 2. The van der Waals surface area contributed by atoms with Crippen molar-refractivity contribution in [1.82, 2.24) is 5.32 Å². The summed E-state index contributed by atoms with van der Waals surface area (Å²) in [5.41, 5.74) is 0.864. The van der Waals surface area contributed by atoms with E-state index >= 15 is 0 Å². The van der Waals surface area contributed by atoms with Crippen molar-refractivity contribution in [2.45, 2.75) is 32.8 Å². The molecular weight excluding hydrogens is 352 g/mol. The van der Waals surface area contributed by atoms with Gasteiger partial charge in [-0.2, -0.15) is 0 Å². The fraction of sp³-hybridized carbons (Fsp3) is 0.300. The molecule has 2 aromatic carbocycles. The number of carbonyl (C=O) groups is 2. The maximum atomic E-state index is 12.5. The van der Waals surface area contributed by atoms with Crippen molar-refractivity contribution in [2.75, 3.05) is 11.9 Å². The highest BCUT2D eigenvalue weighted by molar-refractivity contribution is 6.32. The molecular formula is C20H23ClN2O3. The third kappa shape index (κ3) is 5.49. The summed E-state index contributed by atoms with van der Waals surface area (Å²) >= 11 is 6.05. The minimum Gasteiger partial charge on any atom is -0.479 e. The van der Waals surface area contributed by atoms with Crippen molar-refractivity contribution >= 4 is 29.1 Å². The predicted molar refractivity (Wildman–Crippen MR) is 104 cm³/mol. The van der Waals surface area contributed by atoms with E-state index in [9.17, 15) is 9.59 Å². The Hall–Kier alpha value is -2.53. The second-order valence-corrected chi connectivity index (χ2v) is 6.24. The summed E-state index contributed by atoms with van der Waals surface area (Å²) in [5.74, 6) is -0.143. The van der Waals surface area contributed by atoms with Crippen molar-refractivity contribution in [2.24, 2.45) is 0 Å². The van der Waals surface area contributed by atoms with E-state index in [1.807, 2.05) is 0 Å². The molecule has 0 bridgehead atoms. The van der Waals surface area contributed by atoms with Gasteiger partial charge < -0.3 is 15.4 Å². The Kier molecular flexibility index (Phi) is 7.48. The Bertz CT molecular complexity index is 764. The first-order valence-electron chi connectivity index (χ1n) is 8.62. The molecule has 0 aliphatic carbocycles. The van der Waals surface area contributed by atoms with Gasteiger partial charge in [-0.15, -0.1) is 0 Å². The molecule has 138 valence electrons. The van der Waals surface area contributed by atoms with E-state index in [-0.39, 0.29) is 11.8 Å². The lowest BCUT2D eigenvalue weighted by Gasteiger charge is -2.17. The van der Waals surface area contributed by atoms with E-state index < -0.39 is 6.10 Å². The smallest absolute Gasteiger partial charge is 0.265 e. The predicted octanol–water partition coefficient (Wildman–Crippen LogP) is 4.28. The van der Waals surface area contributed by atoms with Crippen LogP contribution < -0.4 is 15.4 Å². The average molecular weight is 375 g/mol. The first-order chi connectivity index (χ1) is 12.5. The number of anilines is 1. The SMILES string of the molecule is CCCCNC(=O)c1ccccc1NC(=O)[C@H](C)Oc1ccccc1Cl. The van der Waals surface area contributed by atoms with Crippen LogP contribution in [0.5, 0.6) is 5.75 Å². The molecule has 5 nitrogen and oxygen atoms in total. The maximum Gasteiger partial charge on any atom is 0.265 e. The molecule has 0 saturated carbocycles. The first-order valence-corrected chi connectivity index (χ1v) is 9.00. The fourth-order valence-corrected chi connectivity index (χ4v) is 2.46. The van der Waals surface area contributed by atoms with Crippen LogP contribution in [0.15, 0.2) is 48.5 Å². The molecule has 0 aromatic heterocycles. The van der Waals surface area contributed by atoms with Gasteiger partial charge >= 0.3 is 0 Å². The zero-order valence-corrected chi connectivity index (χ0v) is 15.7. The lowest BCUT2D eigenvalue weighted by molar-refractivity contribution is -0.122. The molecule has 2 N–H and O–H groups in total. The van der Waals surface area contributed by atoms with Gasteiger partial charge in [0.1, 0.15) is 5.75 Å². The highest BCUT2D eigenvalue weighted by atomic mass is 35.5. The summed E-state index contributed by atoms with van der Waals surface area (Å²) < 4.78 is 5.61. The number of amides is 2. The number of para-hydroxylation sites is 2. The second kappa shape index (κ2) is 9.82. The molecule has 0 saturated heterocycles. The van der Waals surface area contributed by atoms with Crippen LogP contribution >= 0.6 is 11.6 Å². The van der Waals surface area contributed by atoms with Gasteiger partial charge in [0.2, 0.25) is 0 Å². The van der Waals surface area contributed by atoms with Crippen LogP contribution in [-0.4, -0.2) is 24.5 Å². The van der Waals surface area contributed by atoms with E-state index in [0.29, 0.717) is 28.6 Å². The van der Waals surface area contributed by atoms with Crippen LogP contribution in [0.4, 0.5) is 5.69 Å². The minimum absolute atomic E-state index is 0.214. The molecule has 26 heavy (non-hydrogen) atoms. The van der Waals surface area contributed by atoms with Gasteiger partial charge in [-0.05, 0) is 37.6 Å². The van der Waals surface area contributed by atoms with E-state index in [1.54, 1.807) is 55.5 Å². The number of benzene rings is 2. The number of hydrogen-bond donors (Lipinski definition) is 2. The monoisotopic (exact) mass is 374 g/mol. The summed E-state index contributed by atoms with van der Waals surface area (Å²) in [6.07, 6.45) is 1.13. The molecule has 0 unspecified atom stereocenters. The lowest BCUT2D eigenvalue weighted by atomic mass is 10.1. The van der Waals surface area contributed by atoms with Crippen LogP contribution in [-0.2, 0) is 4.79 Å². The second-order valence-electron chi connectivity index (χ2n) is 5.83. The number of halogens is 1. The number of ether oxygens (including phenoxy) is 1. The third-order valence-corrected chi connectivity index (χ3v) is 4.07. The Morgan fingerprint density at radius 3 is 2.54 bits per heavy atom. The van der Waals surface area contributed by atoms with Crippen molar-refractivity contribution in [1.29, 1.82) is 0 Å². The number of rotatable bonds is 8. The summed E-state index contributed by atoms with van der Waals surface area (Å²) in [6, 6.07) is 13.8. The van der Waals surface area contributed by atoms with E-state index in [4.69, 9.17) is 16.3 Å². The molecule has 0 radical (unpaired) electrons. The number of nitrogens with one attached hydrogen (secondary N) is 2. The highest BCUT2D eigenvalue weighted by Crippen LogP contribution is 2.24. The fourth-order valence-electron chi connectivity index (χ4n) is 2.28. The molecule has 0 spiro atoms. The molecule has 2 aromatic rings. The molecule has 0 aliphatic rings.